The smallest absolute Gasteiger partial charge is 0.267 e. The molecule has 2 aromatic heterocycles. The van der Waals surface area contributed by atoms with Crippen molar-refractivity contribution in [2.45, 2.75) is 13.0 Å². The maximum absolute atomic E-state index is 13.7. The number of nitrogens with zero attached hydrogens (tertiary/aromatic N) is 4. The standard InChI is InChI=1S/C27H24ClN7O3S/c1-16(25-32-22-10-6-9-21(28)23(22)26(36)35(25)19-7-4-3-5-8-19)31-24-20(15-30-27(29)33-24)17-11-13-18(14-12-17)34-39(2,37)38/h3-16,34H,1-2H3,(H3,29,30,31,33)/t16-/m1/s1. The number of anilines is 3. The molecule has 4 N–H and O–H groups in total. The Balaban J connectivity index is 1.59. The summed E-state index contributed by atoms with van der Waals surface area (Å²) in [5.41, 5.74) is 8.51. The quantitative estimate of drug-likeness (QED) is 0.261. The van der Waals surface area contributed by atoms with Gasteiger partial charge >= 0.3 is 0 Å². The second-order valence-corrected chi connectivity index (χ2v) is 11.0. The molecule has 0 aliphatic heterocycles. The molecule has 0 spiro atoms. The Morgan fingerprint density at radius 3 is 2.38 bits per heavy atom. The van der Waals surface area contributed by atoms with Crippen molar-refractivity contribution in [3.8, 4) is 16.8 Å². The second kappa shape index (κ2) is 10.4. The normalized spacial score (nSPS) is 12.3. The fourth-order valence-electron chi connectivity index (χ4n) is 4.24. The lowest BCUT2D eigenvalue weighted by molar-refractivity contribution is 0.607. The first-order valence-electron chi connectivity index (χ1n) is 11.8. The maximum Gasteiger partial charge on any atom is 0.267 e. The van der Waals surface area contributed by atoms with Crippen LogP contribution in [0.1, 0.15) is 18.8 Å². The number of rotatable bonds is 7. The van der Waals surface area contributed by atoms with Gasteiger partial charge in [-0.2, -0.15) is 4.98 Å². The van der Waals surface area contributed by atoms with E-state index in [0.717, 1.165) is 11.8 Å². The molecule has 39 heavy (non-hydrogen) atoms. The van der Waals surface area contributed by atoms with Crippen LogP contribution >= 0.6 is 11.6 Å². The van der Waals surface area contributed by atoms with E-state index >= 15 is 0 Å². The molecule has 0 saturated carbocycles. The summed E-state index contributed by atoms with van der Waals surface area (Å²) in [5.74, 6) is 0.915. The number of sulfonamides is 1. The third-order valence-electron chi connectivity index (χ3n) is 5.93. The SMILES string of the molecule is C[C@@H](Nc1nc(N)ncc1-c1ccc(NS(C)(=O)=O)cc1)c1nc2cccc(Cl)c2c(=O)n1-c1ccccc1. The predicted octanol–water partition coefficient (Wildman–Crippen LogP) is 4.62. The lowest BCUT2D eigenvalue weighted by atomic mass is 10.1. The van der Waals surface area contributed by atoms with E-state index in [1.807, 2.05) is 37.3 Å². The predicted molar refractivity (Wildman–Crippen MR) is 155 cm³/mol. The summed E-state index contributed by atoms with van der Waals surface area (Å²) in [6.45, 7) is 1.86. The van der Waals surface area contributed by atoms with Crippen molar-refractivity contribution in [3.63, 3.8) is 0 Å². The van der Waals surface area contributed by atoms with Crippen LogP contribution in [0.3, 0.4) is 0 Å². The minimum absolute atomic E-state index is 0.0579. The molecule has 12 heteroatoms. The van der Waals surface area contributed by atoms with Crippen molar-refractivity contribution in [1.29, 1.82) is 0 Å². The first kappa shape index (κ1) is 26.1. The number of nitrogens with one attached hydrogen (secondary N) is 2. The molecule has 10 nitrogen and oxygen atoms in total. The molecule has 0 bridgehead atoms. The molecular weight excluding hydrogens is 538 g/mol. The van der Waals surface area contributed by atoms with E-state index in [9.17, 15) is 13.2 Å². The van der Waals surface area contributed by atoms with E-state index < -0.39 is 16.1 Å². The number of hydrogen-bond acceptors (Lipinski definition) is 8. The van der Waals surface area contributed by atoms with Gasteiger partial charge in [-0.15, -0.1) is 0 Å². The zero-order valence-corrected chi connectivity index (χ0v) is 22.5. The van der Waals surface area contributed by atoms with Gasteiger partial charge in [-0.05, 0) is 48.9 Å². The average molecular weight is 562 g/mol. The topological polar surface area (TPSA) is 145 Å². The molecule has 198 valence electrons. The van der Waals surface area contributed by atoms with Gasteiger partial charge in [0.15, 0.2) is 0 Å². The van der Waals surface area contributed by atoms with Crippen molar-refractivity contribution >= 4 is 50.0 Å². The molecule has 5 aromatic rings. The van der Waals surface area contributed by atoms with Crippen LogP contribution in [-0.2, 0) is 10.0 Å². The Kier molecular flexibility index (Phi) is 6.94. The van der Waals surface area contributed by atoms with Gasteiger partial charge in [0.1, 0.15) is 11.6 Å². The number of nitrogen functional groups attached to an aromatic ring is 1. The third-order valence-corrected chi connectivity index (χ3v) is 6.86. The molecule has 0 amide bonds. The second-order valence-electron chi connectivity index (χ2n) is 8.89. The summed E-state index contributed by atoms with van der Waals surface area (Å²) in [7, 11) is -3.41. The summed E-state index contributed by atoms with van der Waals surface area (Å²) in [5, 5.41) is 3.99. The van der Waals surface area contributed by atoms with Crippen molar-refractivity contribution in [1.82, 2.24) is 19.5 Å². The highest BCUT2D eigenvalue weighted by Crippen LogP contribution is 2.31. The molecular formula is C27H24ClN7O3S. The Bertz CT molecular complexity index is 1840. The number of aromatic nitrogens is 4. The van der Waals surface area contributed by atoms with Gasteiger partial charge in [0.05, 0.1) is 33.9 Å². The molecule has 1 atom stereocenters. The molecule has 5 rings (SSSR count). The highest BCUT2D eigenvalue weighted by Gasteiger charge is 2.21. The van der Waals surface area contributed by atoms with E-state index in [1.54, 1.807) is 48.7 Å². The monoisotopic (exact) mass is 561 g/mol. The van der Waals surface area contributed by atoms with Crippen LogP contribution in [0.15, 0.2) is 83.8 Å². The van der Waals surface area contributed by atoms with Crippen LogP contribution in [-0.4, -0.2) is 34.2 Å². The number of nitrogens with two attached hydrogens (primary N) is 1. The summed E-state index contributed by atoms with van der Waals surface area (Å²) >= 11 is 6.40. The fraction of sp³-hybridized carbons (Fsp3) is 0.111. The van der Waals surface area contributed by atoms with Crippen molar-refractivity contribution in [2.24, 2.45) is 0 Å². The maximum atomic E-state index is 13.7. The van der Waals surface area contributed by atoms with Gasteiger partial charge in [0.2, 0.25) is 16.0 Å². The highest BCUT2D eigenvalue weighted by atomic mass is 35.5. The largest absolute Gasteiger partial charge is 0.368 e. The van der Waals surface area contributed by atoms with Crippen LogP contribution in [0.5, 0.6) is 0 Å². The van der Waals surface area contributed by atoms with Crippen molar-refractivity contribution in [2.75, 3.05) is 22.0 Å². The number of para-hydroxylation sites is 1. The van der Waals surface area contributed by atoms with E-state index in [4.69, 9.17) is 22.3 Å². The summed E-state index contributed by atoms with van der Waals surface area (Å²) < 4.78 is 27.1. The van der Waals surface area contributed by atoms with Crippen LogP contribution in [0.25, 0.3) is 27.7 Å². The van der Waals surface area contributed by atoms with E-state index in [2.05, 4.69) is 20.0 Å². The highest BCUT2D eigenvalue weighted by molar-refractivity contribution is 7.92. The lowest BCUT2D eigenvalue weighted by Gasteiger charge is -2.21. The van der Waals surface area contributed by atoms with E-state index in [0.29, 0.717) is 44.5 Å². The summed E-state index contributed by atoms with van der Waals surface area (Å²) in [4.78, 5) is 27.1. The Morgan fingerprint density at radius 2 is 1.69 bits per heavy atom. The minimum Gasteiger partial charge on any atom is -0.368 e. The summed E-state index contributed by atoms with van der Waals surface area (Å²) in [6.07, 6.45) is 2.66. The minimum atomic E-state index is -3.41. The Morgan fingerprint density at radius 1 is 0.974 bits per heavy atom. The molecule has 2 heterocycles. The summed E-state index contributed by atoms with van der Waals surface area (Å²) in [6, 6.07) is 20.6. The van der Waals surface area contributed by atoms with Gasteiger partial charge in [0.25, 0.3) is 5.56 Å². The fourth-order valence-corrected chi connectivity index (χ4v) is 5.06. The van der Waals surface area contributed by atoms with Crippen LogP contribution in [0, 0.1) is 0 Å². The molecule has 0 saturated heterocycles. The molecule has 3 aromatic carbocycles. The first-order valence-corrected chi connectivity index (χ1v) is 14.1. The Labute approximate surface area is 229 Å². The molecule has 0 radical (unpaired) electrons. The number of halogens is 1. The molecule has 0 unspecified atom stereocenters. The van der Waals surface area contributed by atoms with E-state index in [1.165, 1.54) is 4.57 Å². The van der Waals surface area contributed by atoms with Crippen LogP contribution in [0.4, 0.5) is 17.5 Å². The third kappa shape index (κ3) is 5.54. The van der Waals surface area contributed by atoms with Crippen molar-refractivity contribution < 1.29 is 8.42 Å². The van der Waals surface area contributed by atoms with Crippen LogP contribution in [0.2, 0.25) is 5.02 Å². The molecule has 0 aliphatic carbocycles. The van der Waals surface area contributed by atoms with E-state index in [-0.39, 0.29) is 11.5 Å². The molecule has 0 fully saturated rings. The average Bonchev–Trinajstić information content (AvgIpc) is 2.89. The van der Waals surface area contributed by atoms with Gasteiger partial charge in [-0.3, -0.25) is 14.1 Å². The lowest BCUT2D eigenvalue weighted by Crippen LogP contribution is -2.27. The molecule has 0 aliphatic rings. The first-order chi connectivity index (χ1) is 18.6. The van der Waals surface area contributed by atoms with Crippen molar-refractivity contribution in [3.05, 3.63) is 100 Å². The van der Waals surface area contributed by atoms with Gasteiger partial charge in [-0.25, -0.2) is 18.4 Å². The van der Waals surface area contributed by atoms with Crippen LogP contribution < -0.4 is 21.3 Å². The van der Waals surface area contributed by atoms with Gasteiger partial charge in [-0.1, -0.05) is 48.0 Å². The van der Waals surface area contributed by atoms with Gasteiger partial charge < -0.3 is 11.1 Å². The number of benzene rings is 3. The Hall–Kier alpha value is -4.48. The van der Waals surface area contributed by atoms with Gasteiger partial charge in [0, 0.05) is 17.4 Å². The zero-order chi connectivity index (χ0) is 27.7. The number of hydrogen-bond donors (Lipinski definition) is 3. The number of fused-ring (bicyclic) bond motifs is 1. The zero-order valence-electron chi connectivity index (χ0n) is 21.0.